The molecule has 3 aliphatic rings. The summed E-state index contributed by atoms with van der Waals surface area (Å²) in [6, 6.07) is 11.8. The van der Waals surface area contributed by atoms with E-state index in [0.29, 0.717) is 10.6 Å². The van der Waals surface area contributed by atoms with Crippen LogP contribution >= 0.6 is 55.1 Å². The molecule has 3 fully saturated rings. The molecule has 2 saturated carbocycles. The fourth-order valence-electron chi connectivity index (χ4n) is 5.97. The van der Waals surface area contributed by atoms with Gasteiger partial charge in [0, 0.05) is 20.2 Å². The lowest BCUT2D eigenvalue weighted by molar-refractivity contribution is -0.157. The summed E-state index contributed by atoms with van der Waals surface area (Å²) in [5.41, 5.74) is 0.433. The molecule has 36 heavy (non-hydrogen) atoms. The largest absolute Gasteiger partial charge is 0.292 e. The Bertz CT molecular complexity index is 1230. The minimum absolute atomic E-state index is 0.0354. The Morgan fingerprint density at radius 3 is 2.11 bits per heavy atom. The van der Waals surface area contributed by atoms with Crippen LogP contribution in [0.15, 0.2) is 48.5 Å². The van der Waals surface area contributed by atoms with Crippen LogP contribution in [0.1, 0.15) is 40.5 Å². The molecule has 188 valence electrons. The number of hydrogen-bond donors (Lipinski definition) is 0. The van der Waals surface area contributed by atoms with Crippen molar-refractivity contribution in [3.8, 4) is 0 Å². The van der Waals surface area contributed by atoms with Crippen LogP contribution in [-0.4, -0.2) is 49.2 Å². The molecule has 2 bridgehead atoms. The molecule has 0 spiro atoms. The average molecular weight is 657 g/mol. The number of ketones is 1. The van der Waals surface area contributed by atoms with Crippen molar-refractivity contribution < 1.29 is 19.2 Å². The molecule has 2 aliphatic carbocycles. The lowest BCUT2D eigenvalue weighted by Gasteiger charge is -2.36. The highest BCUT2D eigenvalue weighted by atomic mass is 79.9. The van der Waals surface area contributed by atoms with Gasteiger partial charge in [-0.15, -0.1) is 0 Å². The number of halogens is 4. The van der Waals surface area contributed by atoms with Crippen LogP contribution in [0.3, 0.4) is 0 Å². The van der Waals surface area contributed by atoms with Crippen molar-refractivity contribution in [2.24, 2.45) is 23.7 Å². The molecular formula is C26H22Br2Cl2N2O4. The first-order chi connectivity index (χ1) is 17.2. The number of benzene rings is 2. The fourth-order valence-corrected chi connectivity index (χ4v) is 8.33. The lowest BCUT2D eigenvalue weighted by Crippen LogP contribution is -2.57. The van der Waals surface area contributed by atoms with Gasteiger partial charge in [0.2, 0.25) is 0 Å². The van der Waals surface area contributed by atoms with E-state index in [-0.39, 0.29) is 44.3 Å². The van der Waals surface area contributed by atoms with Gasteiger partial charge in [0.05, 0.1) is 22.4 Å². The number of nitrogens with zero attached hydrogens (tertiary/aromatic N) is 2. The third-order valence-corrected chi connectivity index (χ3v) is 11.3. The second-order valence-corrected chi connectivity index (χ2v) is 12.4. The highest BCUT2D eigenvalue weighted by molar-refractivity contribution is 9.12. The lowest BCUT2D eigenvalue weighted by atomic mass is 9.81. The van der Waals surface area contributed by atoms with Gasteiger partial charge in [0.25, 0.3) is 17.7 Å². The van der Waals surface area contributed by atoms with E-state index in [1.165, 1.54) is 18.2 Å². The summed E-state index contributed by atoms with van der Waals surface area (Å²) in [7, 11) is 0. The second-order valence-electron chi connectivity index (χ2n) is 9.42. The Morgan fingerprint density at radius 1 is 1.00 bits per heavy atom. The molecule has 5 rings (SSSR count). The van der Waals surface area contributed by atoms with Crippen molar-refractivity contribution in [3.05, 3.63) is 69.7 Å². The number of carbonyl (C=O) groups excluding carboxylic acids is 4. The van der Waals surface area contributed by atoms with E-state index in [9.17, 15) is 19.2 Å². The Kier molecular flexibility index (Phi) is 7.09. The van der Waals surface area contributed by atoms with E-state index in [2.05, 4.69) is 31.9 Å². The number of alkyl halides is 2. The maximum atomic E-state index is 14.0. The van der Waals surface area contributed by atoms with E-state index < -0.39 is 35.6 Å². The SMILES string of the molecule is CC[C@H](C(=O)c1ccccc1)N(C(=O)c1ccc(Cl)cc1Cl)N1C(=O)[C@@H]2[C@H]3C[C@@H]([C@H](Br)[C@H]3Br)[C@@H]2C1=O. The smallest absolute Gasteiger partial charge is 0.275 e. The van der Waals surface area contributed by atoms with E-state index in [0.717, 1.165) is 16.4 Å². The minimum atomic E-state index is -1.09. The van der Waals surface area contributed by atoms with Gasteiger partial charge in [-0.1, -0.05) is 92.3 Å². The standard InChI is InChI=1S/C26H22Br2Cl2N2O4/c1-2-18(23(33)12-6-4-3-5-7-12)31(24(34)14-9-8-13(29)10-17(14)30)32-25(35)19-15-11-16(20(19)26(32)36)22(28)21(15)27/h3-10,15-16,18-22H,2,11H2,1H3/t15-,16-,18-,19-,20+,21+,22+/m1/s1. The molecule has 10 heteroatoms. The summed E-state index contributed by atoms with van der Waals surface area (Å²) in [5.74, 6) is -3.11. The molecule has 2 aromatic carbocycles. The van der Waals surface area contributed by atoms with Crippen LogP contribution in [-0.2, 0) is 9.59 Å². The number of carbonyl (C=O) groups is 4. The molecule has 0 unspecified atom stereocenters. The van der Waals surface area contributed by atoms with Crippen molar-refractivity contribution in [1.29, 1.82) is 0 Å². The van der Waals surface area contributed by atoms with Crippen LogP contribution in [0.4, 0.5) is 0 Å². The summed E-state index contributed by atoms with van der Waals surface area (Å²) < 4.78 is 0. The minimum Gasteiger partial charge on any atom is -0.292 e. The number of amides is 3. The number of rotatable bonds is 6. The molecule has 1 saturated heterocycles. The highest BCUT2D eigenvalue weighted by Gasteiger charge is 2.68. The van der Waals surface area contributed by atoms with E-state index in [1.807, 2.05) is 0 Å². The zero-order chi connectivity index (χ0) is 25.9. The van der Waals surface area contributed by atoms with E-state index >= 15 is 0 Å². The first-order valence-electron chi connectivity index (χ1n) is 11.7. The zero-order valence-electron chi connectivity index (χ0n) is 19.1. The Morgan fingerprint density at radius 2 is 1.58 bits per heavy atom. The predicted molar refractivity (Wildman–Crippen MR) is 143 cm³/mol. The Labute approximate surface area is 235 Å². The van der Waals surface area contributed by atoms with Gasteiger partial charge in [-0.05, 0) is 42.9 Å². The molecule has 0 radical (unpaired) electrons. The molecule has 7 atom stereocenters. The maximum Gasteiger partial charge on any atom is 0.275 e. The molecule has 0 N–H and O–H groups in total. The van der Waals surface area contributed by atoms with Gasteiger partial charge in [-0.3, -0.25) is 19.2 Å². The molecular weight excluding hydrogens is 635 g/mol. The molecule has 6 nitrogen and oxygen atoms in total. The summed E-state index contributed by atoms with van der Waals surface area (Å²) in [5, 5.41) is 2.38. The van der Waals surface area contributed by atoms with Crippen LogP contribution in [0, 0.1) is 23.7 Å². The van der Waals surface area contributed by atoms with Crippen LogP contribution in [0.5, 0.6) is 0 Å². The highest BCUT2D eigenvalue weighted by Crippen LogP contribution is 2.60. The Balaban J connectivity index is 1.60. The monoisotopic (exact) mass is 654 g/mol. The number of hydrazine groups is 1. The van der Waals surface area contributed by atoms with E-state index in [1.54, 1.807) is 37.3 Å². The predicted octanol–water partition coefficient (Wildman–Crippen LogP) is 5.79. The van der Waals surface area contributed by atoms with Gasteiger partial charge in [-0.2, -0.15) is 5.01 Å². The van der Waals surface area contributed by atoms with Gasteiger partial charge < -0.3 is 0 Å². The normalized spacial score (nSPS) is 29.4. The molecule has 1 aliphatic heterocycles. The van der Waals surface area contributed by atoms with Crippen molar-refractivity contribution in [3.63, 3.8) is 0 Å². The zero-order valence-corrected chi connectivity index (χ0v) is 23.8. The first-order valence-corrected chi connectivity index (χ1v) is 14.3. The number of fused-ring (bicyclic) bond motifs is 5. The summed E-state index contributed by atoms with van der Waals surface area (Å²) in [4.78, 5) is 55.4. The number of hydrogen-bond acceptors (Lipinski definition) is 4. The summed E-state index contributed by atoms with van der Waals surface area (Å²) in [6.45, 7) is 1.74. The summed E-state index contributed by atoms with van der Waals surface area (Å²) in [6.07, 6.45) is 0.940. The van der Waals surface area contributed by atoms with Crippen LogP contribution in [0.2, 0.25) is 10.0 Å². The van der Waals surface area contributed by atoms with Crippen LogP contribution in [0.25, 0.3) is 0 Å². The van der Waals surface area contributed by atoms with Crippen molar-refractivity contribution >= 4 is 78.6 Å². The van der Waals surface area contributed by atoms with Gasteiger partial charge >= 0.3 is 0 Å². The number of imide groups is 1. The van der Waals surface area contributed by atoms with Crippen molar-refractivity contribution in [1.82, 2.24) is 10.0 Å². The van der Waals surface area contributed by atoms with E-state index in [4.69, 9.17) is 23.2 Å². The van der Waals surface area contributed by atoms with Gasteiger partial charge in [0.1, 0.15) is 6.04 Å². The average Bonchev–Trinajstić information content (AvgIpc) is 3.47. The van der Waals surface area contributed by atoms with Crippen molar-refractivity contribution in [2.45, 2.75) is 35.5 Å². The van der Waals surface area contributed by atoms with Crippen molar-refractivity contribution in [2.75, 3.05) is 0 Å². The summed E-state index contributed by atoms with van der Waals surface area (Å²) >= 11 is 19.8. The molecule has 0 aromatic heterocycles. The van der Waals surface area contributed by atoms with Gasteiger partial charge in [-0.25, -0.2) is 5.01 Å². The fraction of sp³-hybridized carbons (Fsp3) is 0.385. The quantitative estimate of drug-likeness (QED) is 0.224. The molecule has 2 aromatic rings. The topological polar surface area (TPSA) is 74.8 Å². The third kappa shape index (κ3) is 3.96. The molecule has 1 heterocycles. The van der Waals surface area contributed by atoms with Gasteiger partial charge in [0.15, 0.2) is 5.78 Å². The Hall–Kier alpha value is -1.74. The van der Waals surface area contributed by atoms with Crippen LogP contribution < -0.4 is 0 Å². The number of Topliss-reactive ketones (excluding diaryl/α,β-unsaturated/α-hetero) is 1. The first kappa shape index (κ1) is 25.9. The third-order valence-electron chi connectivity index (χ3n) is 7.59. The second kappa shape index (κ2) is 9.86. The maximum absolute atomic E-state index is 14.0. The molecule has 3 amide bonds.